The third kappa shape index (κ3) is 6.06. The Kier molecular flexibility index (Phi) is 10.2. The van der Waals surface area contributed by atoms with Gasteiger partial charge in [0, 0.05) is 37.8 Å². The summed E-state index contributed by atoms with van der Waals surface area (Å²) < 4.78 is 52.9. The summed E-state index contributed by atoms with van der Waals surface area (Å²) in [5.74, 6) is -0.548. The van der Waals surface area contributed by atoms with E-state index in [2.05, 4.69) is 10.2 Å². The van der Waals surface area contributed by atoms with Crippen molar-refractivity contribution in [2.75, 3.05) is 26.2 Å². The van der Waals surface area contributed by atoms with Gasteiger partial charge < -0.3 is 5.32 Å². The van der Waals surface area contributed by atoms with E-state index in [1.54, 1.807) is 0 Å². The van der Waals surface area contributed by atoms with Crippen LogP contribution in [-0.4, -0.2) is 31.1 Å². The van der Waals surface area contributed by atoms with Crippen LogP contribution in [0, 0.1) is 5.82 Å². The van der Waals surface area contributed by atoms with Gasteiger partial charge in [-0.05, 0) is 24.6 Å². The van der Waals surface area contributed by atoms with Crippen LogP contribution >= 0.6 is 24.8 Å². The molecule has 1 aromatic rings. The Bertz CT molecular complexity index is 491. The molecule has 140 valence electrons. The monoisotopic (exact) mass is 390 g/mol. The minimum atomic E-state index is -4.44. The highest BCUT2D eigenvalue weighted by Crippen LogP contribution is 2.35. The minimum Gasteiger partial charge on any atom is -0.314 e. The fraction of sp³-hybridized carbons (Fsp3) is 0.625. The van der Waals surface area contributed by atoms with Crippen LogP contribution in [0.3, 0.4) is 0 Å². The molecule has 24 heavy (non-hydrogen) atoms. The zero-order valence-corrected chi connectivity index (χ0v) is 15.2. The molecule has 1 aromatic carbocycles. The van der Waals surface area contributed by atoms with Crippen molar-refractivity contribution in [3.05, 3.63) is 35.1 Å². The molecule has 0 radical (unpaired) electrons. The maximum atomic E-state index is 14.2. The first kappa shape index (κ1) is 23.4. The number of hydrogen-bond acceptors (Lipinski definition) is 2. The van der Waals surface area contributed by atoms with Crippen molar-refractivity contribution >= 4 is 24.8 Å². The number of unbranched alkanes of at least 4 members (excludes halogenated alkanes) is 1. The summed E-state index contributed by atoms with van der Waals surface area (Å²) in [5.41, 5.74) is -0.606. The van der Waals surface area contributed by atoms with Gasteiger partial charge in [0.1, 0.15) is 5.82 Å². The molecule has 2 rings (SSSR count). The lowest BCUT2D eigenvalue weighted by molar-refractivity contribution is -0.137. The summed E-state index contributed by atoms with van der Waals surface area (Å²) in [4.78, 5) is 2.09. The Morgan fingerprint density at radius 3 is 2.33 bits per heavy atom. The predicted molar refractivity (Wildman–Crippen MR) is 92.6 cm³/mol. The quantitative estimate of drug-likeness (QED) is 0.724. The second kappa shape index (κ2) is 10.4. The van der Waals surface area contributed by atoms with E-state index >= 15 is 0 Å². The summed E-state index contributed by atoms with van der Waals surface area (Å²) in [6.45, 7) is 5.04. The zero-order chi connectivity index (χ0) is 16.2. The molecule has 8 heteroatoms. The van der Waals surface area contributed by atoms with Crippen LogP contribution < -0.4 is 5.32 Å². The number of nitrogens with one attached hydrogen (secondary N) is 1. The largest absolute Gasteiger partial charge is 0.416 e. The van der Waals surface area contributed by atoms with Crippen molar-refractivity contribution in [2.45, 2.75) is 38.4 Å². The fourth-order valence-electron chi connectivity index (χ4n) is 2.90. The molecule has 0 saturated carbocycles. The van der Waals surface area contributed by atoms with Crippen molar-refractivity contribution in [2.24, 2.45) is 0 Å². The van der Waals surface area contributed by atoms with Crippen LogP contribution in [0.4, 0.5) is 17.6 Å². The van der Waals surface area contributed by atoms with Crippen molar-refractivity contribution in [3.8, 4) is 0 Å². The number of rotatable bonds is 5. The summed E-state index contributed by atoms with van der Waals surface area (Å²) >= 11 is 0. The molecule has 0 amide bonds. The Labute approximate surface area is 152 Å². The molecule has 0 bridgehead atoms. The SMILES string of the molecule is CCCC[C@@H](c1cc(C(F)(F)F)ccc1F)N1CCNCC1.Cl.Cl. The van der Waals surface area contributed by atoms with Crippen molar-refractivity contribution in [1.82, 2.24) is 10.2 Å². The second-order valence-corrected chi connectivity index (χ2v) is 5.68. The van der Waals surface area contributed by atoms with Gasteiger partial charge in [0.2, 0.25) is 0 Å². The van der Waals surface area contributed by atoms with Crippen LogP contribution in [0.5, 0.6) is 0 Å². The van der Waals surface area contributed by atoms with Gasteiger partial charge in [0.25, 0.3) is 0 Å². The maximum Gasteiger partial charge on any atom is 0.416 e. The van der Waals surface area contributed by atoms with Gasteiger partial charge in [-0.2, -0.15) is 13.2 Å². The molecule has 0 aliphatic carbocycles. The van der Waals surface area contributed by atoms with E-state index in [9.17, 15) is 17.6 Å². The van der Waals surface area contributed by atoms with Gasteiger partial charge in [0.15, 0.2) is 0 Å². The summed E-state index contributed by atoms with van der Waals surface area (Å²) in [5, 5.41) is 3.21. The van der Waals surface area contributed by atoms with Gasteiger partial charge in [0.05, 0.1) is 5.56 Å². The van der Waals surface area contributed by atoms with Gasteiger partial charge >= 0.3 is 6.18 Å². The highest BCUT2D eigenvalue weighted by Gasteiger charge is 2.33. The van der Waals surface area contributed by atoms with E-state index in [0.717, 1.165) is 57.2 Å². The van der Waals surface area contributed by atoms with Gasteiger partial charge in [-0.15, -0.1) is 24.8 Å². The number of hydrogen-bond donors (Lipinski definition) is 1. The Balaban J connectivity index is 0.00000264. The van der Waals surface area contributed by atoms with E-state index in [0.29, 0.717) is 6.42 Å². The van der Waals surface area contributed by atoms with E-state index in [-0.39, 0.29) is 36.4 Å². The molecule has 0 unspecified atom stereocenters. The Hall–Kier alpha value is -0.560. The van der Waals surface area contributed by atoms with Crippen LogP contribution in [0.15, 0.2) is 18.2 Å². The first-order valence-corrected chi connectivity index (χ1v) is 7.75. The second-order valence-electron chi connectivity index (χ2n) is 5.68. The molecule has 1 aliphatic rings. The number of halogens is 6. The summed E-state index contributed by atoms with van der Waals surface area (Å²) in [6, 6.07) is 2.45. The van der Waals surface area contributed by atoms with Gasteiger partial charge in [-0.3, -0.25) is 4.90 Å². The molecule has 0 aromatic heterocycles. The zero-order valence-electron chi connectivity index (χ0n) is 13.5. The van der Waals surface area contributed by atoms with E-state index in [1.165, 1.54) is 0 Å². The lowest BCUT2D eigenvalue weighted by atomic mass is 9.96. The van der Waals surface area contributed by atoms with Crippen molar-refractivity contribution in [3.63, 3.8) is 0 Å². The molecular weight excluding hydrogens is 367 g/mol. The minimum absolute atomic E-state index is 0. The lowest BCUT2D eigenvalue weighted by Crippen LogP contribution is -2.45. The van der Waals surface area contributed by atoms with Crippen LogP contribution in [0.2, 0.25) is 0 Å². The molecule has 2 nitrogen and oxygen atoms in total. The first-order valence-electron chi connectivity index (χ1n) is 7.75. The van der Waals surface area contributed by atoms with Gasteiger partial charge in [-0.25, -0.2) is 4.39 Å². The van der Waals surface area contributed by atoms with Crippen LogP contribution in [0.25, 0.3) is 0 Å². The number of nitrogens with zero attached hydrogens (tertiary/aromatic N) is 1. The van der Waals surface area contributed by atoms with Crippen molar-refractivity contribution < 1.29 is 17.6 Å². The number of benzene rings is 1. The molecule has 1 fully saturated rings. The normalized spacial score (nSPS) is 16.9. The molecule has 0 spiro atoms. The average Bonchev–Trinajstić information content (AvgIpc) is 2.49. The predicted octanol–water partition coefficient (Wildman–Crippen LogP) is 4.82. The highest BCUT2D eigenvalue weighted by atomic mass is 35.5. The molecule has 1 heterocycles. The van der Waals surface area contributed by atoms with E-state index < -0.39 is 17.6 Å². The first-order chi connectivity index (χ1) is 10.4. The topological polar surface area (TPSA) is 15.3 Å². The molecule has 1 saturated heterocycles. The van der Waals surface area contributed by atoms with Gasteiger partial charge in [-0.1, -0.05) is 19.8 Å². The molecular formula is C16H24Cl2F4N2. The molecule has 1 atom stereocenters. The Morgan fingerprint density at radius 2 is 1.79 bits per heavy atom. The number of piperazine rings is 1. The van der Waals surface area contributed by atoms with Crippen LogP contribution in [-0.2, 0) is 6.18 Å². The number of alkyl halides is 3. The van der Waals surface area contributed by atoms with E-state index in [1.807, 2.05) is 6.92 Å². The smallest absolute Gasteiger partial charge is 0.314 e. The third-order valence-electron chi connectivity index (χ3n) is 4.11. The maximum absolute atomic E-state index is 14.2. The van der Waals surface area contributed by atoms with Crippen molar-refractivity contribution in [1.29, 1.82) is 0 Å². The Morgan fingerprint density at radius 1 is 1.17 bits per heavy atom. The summed E-state index contributed by atoms with van der Waals surface area (Å²) in [7, 11) is 0. The third-order valence-corrected chi connectivity index (χ3v) is 4.11. The summed E-state index contributed by atoms with van der Waals surface area (Å²) in [6.07, 6.45) is -1.97. The average molecular weight is 391 g/mol. The lowest BCUT2D eigenvalue weighted by Gasteiger charge is -2.35. The highest BCUT2D eigenvalue weighted by molar-refractivity contribution is 5.85. The molecule has 1 aliphatic heterocycles. The standard InChI is InChI=1S/C16H22F4N2.2ClH/c1-2-3-4-15(22-9-7-21-8-10-22)13-11-12(16(18,19)20)5-6-14(13)17;;/h5-6,11,15,21H,2-4,7-10H2,1H3;2*1H/t15-;;/m0../s1. The van der Waals surface area contributed by atoms with E-state index in [4.69, 9.17) is 0 Å². The molecule has 1 N–H and O–H groups in total. The van der Waals surface area contributed by atoms with Crippen LogP contribution in [0.1, 0.15) is 43.4 Å². The fourth-order valence-corrected chi connectivity index (χ4v) is 2.90.